The first kappa shape index (κ1) is 17.5. The van der Waals surface area contributed by atoms with Crippen LogP contribution in [-0.4, -0.2) is 70.5 Å². The van der Waals surface area contributed by atoms with Crippen molar-refractivity contribution in [3.05, 3.63) is 24.3 Å². The molecule has 2 heterocycles. The number of hydrogen-bond donors (Lipinski definition) is 3. The van der Waals surface area contributed by atoms with Gasteiger partial charge in [0.05, 0.1) is 32.8 Å². The molecular weight excluding hydrogens is 326 g/mol. The summed E-state index contributed by atoms with van der Waals surface area (Å²) >= 11 is 0. The molecule has 0 aromatic heterocycles. The lowest BCUT2D eigenvalue weighted by molar-refractivity contribution is -0.906. The number of para-hydroxylation sites is 2. The molecule has 1 saturated heterocycles. The SMILES string of the molecule is O=C(NCC[NH+]1CCOCC1)C(=O)NC[C@H]1COc2ccccc2O1. The monoisotopic (exact) mass is 350 g/mol. The van der Waals surface area contributed by atoms with Gasteiger partial charge in [0, 0.05) is 0 Å². The Morgan fingerprint density at radius 3 is 2.60 bits per heavy atom. The lowest BCUT2D eigenvalue weighted by Gasteiger charge is -2.26. The minimum Gasteiger partial charge on any atom is -0.486 e. The Balaban J connectivity index is 1.34. The van der Waals surface area contributed by atoms with Gasteiger partial charge in [-0.3, -0.25) is 9.59 Å². The van der Waals surface area contributed by atoms with E-state index in [1.165, 1.54) is 4.90 Å². The highest BCUT2D eigenvalue weighted by molar-refractivity contribution is 6.35. The average molecular weight is 350 g/mol. The van der Waals surface area contributed by atoms with Gasteiger partial charge >= 0.3 is 11.8 Å². The fourth-order valence-electron chi connectivity index (χ4n) is 2.79. The molecule has 1 fully saturated rings. The van der Waals surface area contributed by atoms with Crippen molar-refractivity contribution in [1.82, 2.24) is 10.6 Å². The Morgan fingerprint density at radius 2 is 1.80 bits per heavy atom. The molecule has 8 nitrogen and oxygen atoms in total. The van der Waals surface area contributed by atoms with Crippen LogP contribution < -0.4 is 25.0 Å². The number of nitrogens with one attached hydrogen (secondary N) is 3. The molecule has 0 unspecified atom stereocenters. The number of fused-ring (bicyclic) bond motifs is 1. The third kappa shape index (κ3) is 5.07. The molecule has 0 radical (unpaired) electrons. The lowest BCUT2D eigenvalue weighted by Crippen LogP contribution is -3.14. The maximum absolute atomic E-state index is 11.9. The van der Waals surface area contributed by atoms with Gasteiger partial charge in [0.2, 0.25) is 0 Å². The second-order valence-electron chi connectivity index (χ2n) is 6.08. The summed E-state index contributed by atoms with van der Waals surface area (Å²) in [6.07, 6.45) is -0.315. The van der Waals surface area contributed by atoms with Crippen LogP contribution >= 0.6 is 0 Å². The predicted molar refractivity (Wildman–Crippen MR) is 88.8 cm³/mol. The molecule has 136 valence electrons. The number of ether oxygens (including phenoxy) is 3. The summed E-state index contributed by atoms with van der Waals surface area (Å²) in [7, 11) is 0. The lowest BCUT2D eigenvalue weighted by atomic mass is 10.2. The van der Waals surface area contributed by atoms with Gasteiger partial charge in [0.1, 0.15) is 25.8 Å². The van der Waals surface area contributed by atoms with Gasteiger partial charge in [-0.25, -0.2) is 0 Å². The molecule has 0 bridgehead atoms. The van der Waals surface area contributed by atoms with Crippen molar-refractivity contribution in [2.45, 2.75) is 6.10 Å². The summed E-state index contributed by atoms with van der Waals surface area (Å²) < 4.78 is 16.6. The van der Waals surface area contributed by atoms with E-state index in [4.69, 9.17) is 14.2 Å². The van der Waals surface area contributed by atoms with E-state index < -0.39 is 11.8 Å². The van der Waals surface area contributed by atoms with Gasteiger partial charge < -0.3 is 29.7 Å². The highest BCUT2D eigenvalue weighted by atomic mass is 16.6. The molecule has 2 amide bonds. The van der Waals surface area contributed by atoms with E-state index in [0.717, 1.165) is 32.8 Å². The largest absolute Gasteiger partial charge is 0.486 e. The van der Waals surface area contributed by atoms with Crippen molar-refractivity contribution in [3.63, 3.8) is 0 Å². The van der Waals surface area contributed by atoms with Crippen molar-refractivity contribution in [3.8, 4) is 11.5 Å². The quantitative estimate of drug-likeness (QED) is 0.533. The standard InChI is InChI=1S/C17H23N3O5/c21-16(18-5-6-20-7-9-23-10-8-20)17(22)19-11-13-12-24-14-3-1-2-4-15(14)25-13/h1-4,13H,5-12H2,(H,18,21)(H,19,22)/p+1/t13-/m0/s1. The molecule has 1 atom stereocenters. The third-order valence-electron chi connectivity index (χ3n) is 4.23. The number of carbonyl (C=O) groups excluding carboxylic acids is 2. The molecule has 25 heavy (non-hydrogen) atoms. The van der Waals surface area contributed by atoms with E-state index in [2.05, 4.69) is 10.6 Å². The summed E-state index contributed by atoms with van der Waals surface area (Å²) in [5.41, 5.74) is 0. The van der Waals surface area contributed by atoms with E-state index in [9.17, 15) is 9.59 Å². The van der Waals surface area contributed by atoms with Crippen LogP contribution in [0.1, 0.15) is 0 Å². The van der Waals surface area contributed by atoms with E-state index in [1.807, 2.05) is 24.3 Å². The molecule has 1 aromatic carbocycles. The molecule has 8 heteroatoms. The zero-order valence-corrected chi connectivity index (χ0v) is 14.1. The molecule has 0 spiro atoms. The Morgan fingerprint density at radius 1 is 1.08 bits per heavy atom. The van der Waals surface area contributed by atoms with E-state index in [-0.39, 0.29) is 12.6 Å². The number of morpholine rings is 1. The number of amides is 2. The van der Waals surface area contributed by atoms with Crippen LogP contribution in [0.15, 0.2) is 24.3 Å². The van der Waals surface area contributed by atoms with E-state index in [0.29, 0.717) is 24.7 Å². The molecule has 3 rings (SSSR count). The van der Waals surface area contributed by atoms with Crippen LogP contribution in [0.25, 0.3) is 0 Å². The van der Waals surface area contributed by atoms with Crippen LogP contribution in [-0.2, 0) is 14.3 Å². The smallest absolute Gasteiger partial charge is 0.309 e. The summed E-state index contributed by atoms with van der Waals surface area (Å²) in [4.78, 5) is 25.1. The number of rotatable bonds is 5. The van der Waals surface area contributed by atoms with Crippen molar-refractivity contribution < 1.29 is 28.7 Å². The molecule has 0 aliphatic carbocycles. The summed E-state index contributed by atoms with van der Waals surface area (Å²) in [6.45, 7) is 5.17. The first-order valence-electron chi connectivity index (χ1n) is 8.58. The normalized spacial score (nSPS) is 19.9. The van der Waals surface area contributed by atoms with Gasteiger partial charge in [-0.05, 0) is 12.1 Å². The van der Waals surface area contributed by atoms with E-state index >= 15 is 0 Å². The topological polar surface area (TPSA) is 90.3 Å². The summed E-state index contributed by atoms with van der Waals surface area (Å²) in [6, 6.07) is 7.36. The molecule has 1 aromatic rings. The zero-order chi connectivity index (χ0) is 17.5. The van der Waals surface area contributed by atoms with Gasteiger partial charge in [-0.1, -0.05) is 12.1 Å². The number of carbonyl (C=O) groups is 2. The van der Waals surface area contributed by atoms with Crippen LogP contribution in [0.3, 0.4) is 0 Å². The number of hydrogen-bond acceptors (Lipinski definition) is 5. The van der Waals surface area contributed by atoms with Gasteiger partial charge in [-0.2, -0.15) is 0 Å². The Labute approximate surface area is 146 Å². The minimum atomic E-state index is -0.653. The van der Waals surface area contributed by atoms with E-state index in [1.54, 1.807) is 0 Å². The van der Waals surface area contributed by atoms with Crippen molar-refractivity contribution in [2.75, 3.05) is 52.5 Å². The Bertz CT molecular complexity index is 604. The van der Waals surface area contributed by atoms with Crippen LogP contribution in [0.5, 0.6) is 11.5 Å². The first-order valence-corrected chi connectivity index (χ1v) is 8.58. The summed E-state index contributed by atoms with van der Waals surface area (Å²) in [5, 5.41) is 5.24. The third-order valence-corrected chi connectivity index (χ3v) is 4.23. The molecule has 0 saturated carbocycles. The summed E-state index contributed by atoms with van der Waals surface area (Å²) in [5.74, 6) is 0.0589. The van der Waals surface area contributed by atoms with Crippen LogP contribution in [0.2, 0.25) is 0 Å². The second-order valence-corrected chi connectivity index (χ2v) is 6.08. The molecule has 2 aliphatic heterocycles. The van der Waals surface area contributed by atoms with Crippen LogP contribution in [0.4, 0.5) is 0 Å². The van der Waals surface area contributed by atoms with Crippen molar-refractivity contribution in [2.24, 2.45) is 0 Å². The average Bonchev–Trinajstić information content (AvgIpc) is 2.66. The van der Waals surface area contributed by atoms with Crippen LogP contribution in [0, 0.1) is 0 Å². The molecule has 3 N–H and O–H groups in total. The van der Waals surface area contributed by atoms with Gasteiger partial charge in [0.25, 0.3) is 0 Å². The fourth-order valence-corrected chi connectivity index (χ4v) is 2.79. The molecular formula is C17H24N3O5+. The zero-order valence-electron chi connectivity index (χ0n) is 14.1. The Kier molecular flexibility index (Phi) is 6.08. The first-order chi connectivity index (χ1) is 12.2. The number of quaternary nitrogens is 1. The maximum atomic E-state index is 11.9. The molecule has 2 aliphatic rings. The van der Waals surface area contributed by atoms with Crippen molar-refractivity contribution >= 4 is 11.8 Å². The predicted octanol–water partition coefficient (Wildman–Crippen LogP) is -2.03. The highest BCUT2D eigenvalue weighted by Crippen LogP contribution is 2.30. The highest BCUT2D eigenvalue weighted by Gasteiger charge is 2.23. The van der Waals surface area contributed by atoms with Gasteiger partial charge in [-0.15, -0.1) is 0 Å². The minimum absolute atomic E-state index is 0.218. The fraction of sp³-hybridized carbons (Fsp3) is 0.529. The maximum Gasteiger partial charge on any atom is 0.309 e. The van der Waals surface area contributed by atoms with Gasteiger partial charge in [0.15, 0.2) is 11.5 Å². The Hall–Kier alpha value is -2.32. The van der Waals surface area contributed by atoms with Crippen molar-refractivity contribution in [1.29, 1.82) is 0 Å². The number of benzene rings is 1. The second kappa shape index (κ2) is 8.68.